The molecule has 29 heavy (non-hydrogen) atoms. The molecule has 4 fully saturated rings. The van der Waals surface area contributed by atoms with E-state index in [9.17, 15) is 4.79 Å². The fraction of sp³-hybridized carbons (Fsp3) is 0.526. The van der Waals surface area contributed by atoms with Gasteiger partial charge >= 0.3 is 0 Å². The molecule has 3 heterocycles. The summed E-state index contributed by atoms with van der Waals surface area (Å²) in [6, 6.07) is 1.76. The van der Waals surface area contributed by atoms with Crippen molar-refractivity contribution in [3.05, 3.63) is 35.9 Å². The average Bonchev–Trinajstić information content (AvgIpc) is 3.40. The van der Waals surface area contributed by atoms with Crippen LogP contribution in [-0.2, 0) is 5.54 Å². The SMILES string of the molecule is O=C(NC12C[C@H]3C[C@@H](C1)CC(n1ncnn1)(C3)C2)c1csc(-c2ncccn2)n1. The van der Waals surface area contributed by atoms with E-state index < -0.39 is 0 Å². The molecule has 4 saturated carbocycles. The Morgan fingerprint density at radius 3 is 2.69 bits per heavy atom. The van der Waals surface area contributed by atoms with Crippen LogP contribution >= 0.6 is 11.3 Å². The Hall–Kier alpha value is -2.75. The van der Waals surface area contributed by atoms with Crippen LogP contribution < -0.4 is 5.32 Å². The summed E-state index contributed by atoms with van der Waals surface area (Å²) in [5.41, 5.74) is 0.0852. The first kappa shape index (κ1) is 17.1. The predicted octanol–water partition coefficient (Wildman–Crippen LogP) is 2.06. The summed E-state index contributed by atoms with van der Waals surface area (Å²) in [6.07, 6.45) is 11.1. The zero-order chi connectivity index (χ0) is 19.5. The molecule has 3 aromatic heterocycles. The van der Waals surface area contributed by atoms with Crippen molar-refractivity contribution < 1.29 is 4.79 Å². The molecule has 0 aliphatic heterocycles. The fourth-order valence-corrected chi connectivity index (χ4v) is 6.92. The van der Waals surface area contributed by atoms with Crippen molar-refractivity contribution in [2.75, 3.05) is 0 Å². The zero-order valence-electron chi connectivity index (χ0n) is 15.7. The molecule has 0 radical (unpaired) electrons. The first-order valence-electron chi connectivity index (χ1n) is 9.92. The summed E-state index contributed by atoms with van der Waals surface area (Å²) in [5, 5.41) is 18.3. The Bertz CT molecular complexity index is 1040. The maximum Gasteiger partial charge on any atom is 0.271 e. The van der Waals surface area contributed by atoms with E-state index >= 15 is 0 Å². The van der Waals surface area contributed by atoms with Crippen LogP contribution in [0, 0.1) is 11.8 Å². The van der Waals surface area contributed by atoms with E-state index in [1.807, 2.05) is 0 Å². The lowest BCUT2D eigenvalue weighted by Gasteiger charge is -2.61. The number of aromatic nitrogens is 7. The number of nitrogens with one attached hydrogen (secondary N) is 1. The van der Waals surface area contributed by atoms with Crippen molar-refractivity contribution >= 4 is 17.2 Å². The van der Waals surface area contributed by atoms with Gasteiger partial charge in [0.15, 0.2) is 17.2 Å². The minimum absolute atomic E-state index is 0.118. The number of nitrogens with zero attached hydrogens (tertiary/aromatic N) is 7. The van der Waals surface area contributed by atoms with E-state index in [1.54, 1.807) is 28.6 Å². The lowest BCUT2D eigenvalue weighted by atomic mass is 9.50. The molecule has 4 bridgehead atoms. The van der Waals surface area contributed by atoms with Crippen LogP contribution in [0.15, 0.2) is 30.2 Å². The second kappa shape index (κ2) is 6.12. The van der Waals surface area contributed by atoms with Crippen LogP contribution in [0.1, 0.15) is 49.0 Å². The summed E-state index contributed by atoms with van der Waals surface area (Å²) in [6.45, 7) is 0. The summed E-state index contributed by atoms with van der Waals surface area (Å²) in [5.74, 6) is 1.60. The second-order valence-electron chi connectivity index (χ2n) is 8.76. The molecule has 7 rings (SSSR count). The van der Waals surface area contributed by atoms with Crippen LogP contribution in [0.2, 0.25) is 0 Å². The molecule has 9 nitrogen and oxygen atoms in total. The van der Waals surface area contributed by atoms with Crippen LogP contribution in [0.4, 0.5) is 0 Å². The Kier molecular flexibility index (Phi) is 3.62. The van der Waals surface area contributed by atoms with Crippen molar-refractivity contribution in [2.24, 2.45) is 11.8 Å². The smallest absolute Gasteiger partial charge is 0.271 e. The zero-order valence-corrected chi connectivity index (χ0v) is 16.5. The van der Waals surface area contributed by atoms with E-state index in [1.165, 1.54) is 24.1 Å². The first-order chi connectivity index (χ1) is 14.1. The maximum absolute atomic E-state index is 13.1. The lowest BCUT2D eigenvalue weighted by Crippen LogP contribution is -2.66. The molecule has 2 unspecified atom stereocenters. The predicted molar refractivity (Wildman–Crippen MR) is 104 cm³/mol. The van der Waals surface area contributed by atoms with Crippen LogP contribution in [-0.4, -0.2) is 46.6 Å². The summed E-state index contributed by atoms with van der Waals surface area (Å²) in [4.78, 5) is 27.8. The molecule has 4 atom stereocenters. The van der Waals surface area contributed by atoms with Gasteiger partial charge in [-0.3, -0.25) is 4.79 Å². The molecule has 1 amide bonds. The molecule has 4 aliphatic rings. The van der Waals surface area contributed by atoms with E-state index in [0.29, 0.717) is 28.4 Å². The van der Waals surface area contributed by atoms with E-state index in [2.05, 4.69) is 35.7 Å². The van der Waals surface area contributed by atoms with Gasteiger partial charge in [-0.15, -0.1) is 21.5 Å². The molecule has 3 aromatic rings. The highest BCUT2D eigenvalue weighted by molar-refractivity contribution is 7.13. The standard InChI is InChI=1S/C19H20N8OS/c28-16(14-9-29-17(24-14)15-20-2-1-3-21-15)25-18-5-12-4-13(6-18)8-19(7-12,10-18)27-23-11-22-26-27/h1-3,9,11-13H,4-8,10H2,(H,25,28)/t12-,13+,18?,19?. The Morgan fingerprint density at radius 1 is 1.17 bits per heavy atom. The van der Waals surface area contributed by atoms with Crippen molar-refractivity contribution in [2.45, 2.75) is 49.6 Å². The van der Waals surface area contributed by atoms with Gasteiger partial charge in [-0.2, -0.15) is 4.80 Å². The van der Waals surface area contributed by atoms with Crippen molar-refractivity contribution in [3.63, 3.8) is 0 Å². The van der Waals surface area contributed by atoms with Crippen LogP contribution in [0.5, 0.6) is 0 Å². The molecule has 0 saturated heterocycles. The topological polar surface area (TPSA) is 111 Å². The first-order valence-corrected chi connectivity index (χ1v) is 10.8. The normalized spacial score (nSPS) is 32.4. The highest BCUT2D eigenvalue weighted by Crippen LogP contribution is 2.60. The maximum atomic E-state index is 13.1. The molecule has 1 N–H and O–H groups in total. The van der Waals surface area contributed by atoms with Gasteiger partial charge in [0.1, 0.15) is 5.69 Å². The molecular weight excluding hydrogens is 388 g/mol. The Balaban J connectivity index is 1.27. The third-order valence-corrected chi connectivity index (χ3v) is 7.51. The number of carbonyl (C=O) groups is 1. The summed E-state index contributed by atoms with van der Waals surface area (Å²) in [7, 11) is 0. The van der Waals surface area contributed by atoms with Gasteiger partial charge in [0.25, 0.3) is 5.91 Å². The van der Waals surface area contributed by atoms with E-state index in [4.69, 9.17) is 0 Å². The van der Waals surface area contributed by atoms with E-state index in [0.717, 1.165) is 32.1 Å². The number of carbonyl (C=O) groups excluding carboxylic acids is 1. The third kappa shape index (κ3) is 2.77. The van der Waals surface area contributed by atoms with Crippen molar-refractivity contribution in [1.29, 1.82) is 0 Å². The van der Waals surface area contributed by atoms with Gasteiger partial charge in [0.2, 0.25) is 0 Å². The number of rotatable bonds is 4. The number of hydrogen-bond donors (Lipinski definition) is 1. The number of hydrogen-bond acceptors (Lipinski definition) is 8. The van der Waals surface area contributed by atoms with Crippen LogP contribution in [0.3, 0.4) is 0 Å². The van der Waals surface area contributed by atoms with Gasteiger partial charge in [-0.1, -0.05) is 0 Å². The largest absolute Gasteiger partial charge is 0.345 e. The van der Waals surface area contributed by atoms with Gasteiger partial charge in [0, 0.05) is 23.3 Å². The molecule has 148 valence electrons. The van der Waals surface area contributed by atoms with Crippen molar-refractivity contribution in [1.82, 2.24) is 40.5 Å². The highest BCUT2D eigenvalue weighted by Gasteiger charge is 2.60. The monoisotopic (exact) mass is 408 g/mol. The number of tetrazole rings is 1. The van der Waals surface area contributed by atoms with Gasteiger partial charge in [0.05, 0.1) is 5.54 Å². The summed E-state index contributed by atoms with van der Waals surface area (Å²) >= 11 is 1.39. The number of amides is 1. The highest BCUT2D eigenvalue weighted by atomic mass is 32.1. The summed E-state index contributed by atoms with van der Waals surface area (Å²) < 4.78 is 0. The molecule has 0 aromatic carbocycles. The number of thiazole rings is 1. The molecule has 4 aliphatic carbocycles. The minimum Gasteiger partial charge on any atom is -0.345 e. The van der Waals surface area contributed by atoms with Gasteiger partial charge in [-0.05, 0) is 61.6 Å². The van der Waals surface area contributed by atoms with Crippen molar-refractivity contribution in [3.8, 4) is 10.8 Å². The third-order valence-electron chi connectivity index (χ3n) is 6.68. The molecule has 0 spiro atoms. The average molecular weight is 408 g/mol. The fourth-order valence-electron chi connectivity index (χ4n) is 6.17. The van der Waals surface area contributed by atoms with Crippen LogP contribution in [0.25, 0.3) is 10.8 Å². The molecule has 10 heteroatoms. The second-order valence-corrected chi connectivity index (χ2v) is 9.61. The van der Waals surface area contributed by atoms with E-state index in [-0.39, 0.29) is 17.0 Å². The quantitative estimate of drug-likeness (QED) is 0.703. The van der Waals surface area contributed by atoms with Gasteiger partial charge < -0.3 is 5.32 Å². The Morgan fingerprint density at radius 2 is 1.97 bits per heavy atom. The Labute approximate surface area is 171 Å². The molecular formula is C19H20N8OS. The minimum atomic E-state index is -0.220. The van der Waals surface area contributed by atoms with Gasteiger partial charge in [-0.25, -0.2) is 15.0 Å². The lowest BCUT2D eigenvalue weighted by molar-refractivity contribution is -0.0810.